The molecule has 0 bridgehead atoms. The second-order valence-electron chi connectivity index (χ2n) is 8.24. The first kappa shape index (κ1) is 25.5. The van der Waals surface area contributed by atoms with E-state index in [9.17, 15) is 8.78 Å². The van der Waals surface area contributed by atoms with Gasteiger partial charge in [0.2, 0.25) is 0 Å². The molecule has 0 amide bonds. The van der Waals surface area contributed by atoms with Crippen LogP contribution in [0.15, 0.2) is 47.3 Å². The molecule has 1 saturated heterocycles. The van der Waals surface area contributed by atoms with Gasteiger partial charge in [0.25, 0.3) is 0 Å². The van der Waals surface area contributed by atoms with E-state index in [1.807, 2.05) is 0 Å². The summed E-state index contributed by atoms with van der Waals surface area (Å²) in [4.78, 5) is 0. The third-order valence-corrected chi connectivity index (χ3v) is 5.55. The van der Waals surface area contributed by atoms with Gasteiger partial charge in [-0.15, -0.1) is 0 Å². The number of ether oxygens (including phenoxy) is 3. The molecule has 0 radical (unpaired) electrons. The smallest absolute Gasteiger partial charge is 0.196 e. The van der Waals surface area contributed by atoms with Gasteiger partial charge in [-0.2, -0.15) is 0 Å². The van der Waals surface area contributed by atoms with Crippen molar-refractivity contribution in [3.05, 3.63) is 58.4 Å². The first-order valence-electron chi connectivity index (χ1n) is 11.7. The van der Waals surface area contributed by atoms with Crippen LogP contribution in [-0.2, 0) is 20.6 Å². The van der Waals surface area contributed by atoms with Crippen LogP contribution in [-0.4, -0.2) is 26.4 Å². The lowest BCUT2D eigenvalue weighted by Crippen LogP contribution is -2.28. The topological polar surface area (TPSA) is 27.7 Å². The molecule has 3 nitrogen and oxygen atoms in total. The Labute approximate surface area is 186 Å². The van der Waals surface area contributed by atoms with E-state index in [4.69, 9.17) is 14.2 Å². The lowest BCUT2D eigenvalue weighted by Gasteiger charge is -2.30. The highest BCUT2D eigenvalue weighted by molar-refractivity contribution is 5.32. The van der Waals surface area contributed by atoms with Crippen molar-refractivity contribution in [2.24, 2.45) is 0 Å². The van der Waals surface area contributed by atoms with E-state index >= 15 is 0 Å². The van der Waals surface area contributed by atoms with E-state index < -0.39 is 11.7 Å². The number of hydrogen-bond acceptors (Lipinski definition) is 3. The average Bonchev–Trinajstić information content (AvgIpc) is 2.80. The molecule has 0 spiro atoms. The van der Waals surface area contributed by atoms with Gasteiger partial charge in [0.15, 0.2) is 11.7 Å². The molecule has 0 saturated carbocycles. The third kappa shape index (κ3) is 7.73. The number of allylic oxidation sites excluding steroid dienone is 3. The summed E-state index contributed by atoms with van der Waals surface area (Å²) in [6.07, 6.45) is 7.27. The Morgan fingerprint density at radius 2 is 1.71 bits per heavy atom. The molecule has 1 aliphatic carbocycles. The summed E-state index contributed by atoms with van der Waals surface area (Å²) >= 11 is 0. The fraction of sp³-hybridized carbons (Fsp3) is 0.615. The molecule has 3 rings (SSSR count). The SMILES string of the molecule is CCC.CCCCc1ccc(C2CCC(OCC3=C(F)C(F)=C(OC)CC3)CO2)cc1. The van der Waals surface area contributed by atoms with Gasteiger partial charge in [0, 0.05) is 6.42 Å². The van der Waals surface area contributed by atoms with Crippen LogP contribution in [0.4, 0.5) is 8.78 Å². The van der Waals surface area contributed by atoms with Crippen molar-refractivity contribution in [2.45, 2.75) is 84.3 Å². The minimum atomic E-state index is -0.894. The minimum absolute atomic E-state index is 0.0748. The quantitative estimate of drug-likeness (QED) is 0.421. The van der Waals surface area contributed by atoms with Crippen molar-refractivity contribution in [1.29, 1.82) is 0 Å². The lowest BCUT2D eigenvalue weighted by atomic mass is 9.98. The van der Waals surface area contributed by atoms with Crippen molar-refractivity contribution in [3.63, 3.8) is 0 Å². The number of rotatable bonds is 8. The number of unbranched alkanes of at least 4 members (excludes halogenated alkanes) is 1. The van der Waals surface area contributed by atoms with Gasteiger partial charge in [0.05, 0.1) is 32.5 Å². The maximum atomic E-state index is 14.1. The summed E-state index contributed by atoms with van der Waals surface area (Å²) in [5.74, 6) is -1.65. The van der Waals surface area contributed by atoms with Crippen LogP contribution in [0.3, 0.4) is 0 Å². The summed E-state index contributed by atoms with van der Waals surface area (Å²) in [6, 6.07) is 8.68. The Kier molecular flexibility index (Phi) is 11.2. The van der Waals surface area contributed by atoms with Gasteiger partial charge >= 0.3 is 0 Å². The number of halogens is 2. The molecule has 1 aromatic rings. The molecule has 1 aliphatic heterocycles. The number of benzene rings is 1. The van der Waals surface area contributed by atoms with Crippen molar-refractivity contribution in [3.8, 4) is 0 Å². The first-order chi connectivity index (χ1) is 15.0. The van der Waals surface area contributed by atoms with Crippen LogP contribution in [0.5, 0.6) is 0 Å². The van der Waals surface area contributed by atoms with Crippen LogP contribution >= 0.6 is 0 Å². The Balaban J connectivity index is 0.00000107. The fourth-order valence-corrected chi connectivity index (χ4v) is 3.71. The standard InChI is InChI=1S/C23H30F2O3.C3H8/c1-3-4-5-16-6-8-17(9-7-16)20-13-11-19(15-28-20)27-14-18-10-12-21(26-2)23(25)22(18)24;1-3-2/h6-9,19-20H,3-5,10-15H2,1-2H3;3H2,1-2H3. The highest BCUT2D eigenvalue weighted by atomic mass is 19.2. The van der Waals surface area contributed by atoms with E-state index in [-0.39, 0.29) is 24.6 Å². The Hall–Kier alpha value is -1.72. The van der Waals surface area contributed by atoms with Crippen LogP contribution in [0.2, 0.25) is 0 Å². The minimum Gasteiger partial charge on any atom is -0.498 e. The first-order valence-corrected chi connectivity index (χ1v) is 11.7. The van der Waals surface area contributed by atoms with E-state index in [1.165, 1.54) is 37.5 Å². The maximum Gasteiger partial charge on any atom is 0.196 e. The number of methoxy groups -OCH3 is 1. The Morgan fingerprint density at radius 3 is 2.29 bits per heavy atom. The van der Waals surface area contributed by atoms with Crippen LogP contribution in [0.25, 0.3) is 0 Å². The zero-order valence-electron chi connectivity index (χ0n) is 19.5. The lowest BCUT2D eigenvalue weighted by molar-refractivity contribution is -0.0825. The largest absolute Gasteiger partial charge is 0.498 e. The maximum absolute atomic E-state index is 14.1. The van der Waals surface area contributed by atoms with Crippen molar-refractivity contribution < 1.29 is 23.0 Å². The van der Waals surface area contributed by atoms with Crippen LogP contribution in [0.1, 0.15) is 82.9 Å². The van der Waals surface area contributed by atoms with Gasteiger partial charge in [0.1, 0.15) is 5.76 Å². The van der Waals surface area contributed by atoms with Crippen molar-refractivity contribution in [2.75, 3.05) is 20.3 Å². The molecule has 1 fully saturated rings. The highest BCUT2D eigenvalue weighted by Gasteiger charge is 2.26. The Bertz CT molecular complexity index is 717. The van der Waals surface area contributed by atoms with Crippen LogP contribution in [0, 0.1) is 0 Å². The second-order valence-corrected chi connectivity index (χ2v) is 8.24. The predicted octanol–water partition coefficient (Wildman–Crippen LogP) is 7.53. The van der Waals surface area contributed by atoms with Crippen molar-refractivity contribution >= 4 is 0 Å². The monoisotopic (exact) mass is 436 g/mol. The number of hydrogen-bond donors (Lipinski definition) is 0. The van der Waals surface area contributed by atoms with Gasteiger partial charge < -0.3 is 14.2 Å². The molecule has 2 atom stereocenters. The van der Waals surface area contributed by atoms with Gasteiger partial charge in [-0.3, -0.25) is 0 Å². The molecule has 31 heavy (non-hydrogen) atoms. The molecule has 0 aromatic heterocycles. The van der Waals surface area contributed by atoms with E-state index in [0.29, 0.717) is 25.0 Å². The zero-order chi connectivity index (χ0) is 22.6. The second kappa shape index (κ2) is 13.6. The van der Waals surface area contributed by atoms with E-state index in [1.54, 1.807) is 0 Å². The van der Waals surface area contributed by atoms with Gasteiger partial charge in [-0.1, -0.05) is 57.9 Å². The Morgan fingerprint density at radius 1 is 1.00 bits per heavy atom. The summed E-state index contributed by atoms with van der Waals surface area (Å²) in [5, 5.41) is 0. The summed E-state index contributed by atoms with van der Waals surface area (Å²) in [6.45, 7) is 7.02. The molecule has 174 valence electrons. The highest BCUT2D eigenvalue weighted by Crippen LogP contribution is 2.34. The molecule has 0 N–H and O–H groups in total. The fourth-order valence-electron chi connectivity index (χ4n) is 3.71. The molecule has 2 unspecified atom stereocenters. The number of aryl methyl sites for hydroxylation is 1. The van der Waals surface area contributed by atoms with E-state index in [0.717, 1.165) is 19.3 Å². The molecule has 1 heterocycles. The molecular formula is C26H38F2O3. The summed E-state index contributed by atoms with van der Waals surface area (Å²) < 4.78 is 44.6. The van der Waals surface area contributed by atoms with Crippen molar-refractivity contribution in [1.82, 2.24) is 0 Å². The van der Waals surface area contributed by atoms with Crippen LogP contribution < -0.4 is 0 Å². The normalized spacial score (nSPS) is 21.6. The average molecular weight is 437 g/mol. The van der Waals surface area contributed by atoms with E-state index in [2.05, 4.69) is 45.0 Å². The molecule has 2 aliphatic rings. The summed E-state index contributed by atoms with van der Waals surface area (Å²) in [5.41, 5.74) is 2.92. The zero-order valence-corrected chi connectivity index (χ0v) is 19.5. The summed E-state index contributed by atoms with van der Waals surface area (Å²) in [7, 11) is 1.36. The van der Waals surface area contributed by atoms with Gasteiger partial charge in [-0.05, 0) is 48.8 Å². The van der Waals surface area contributed by atoms with Gasteiger partial charge in [-0.25, -0.2) is 8.78 Å². The third-order valence-electron chi connectivity index (χ3n) is 5.55. The molecule has 5 heteroatoms. The molecular weight excluding hydrogens is 398 g/mol. The predicted molar refractivity (Wildman–Crippen MR) is 121 cm³/mol. The molecule has 1 aromatic carbocycles.